The number of alkyl halides is 3. The van der Waals surface area contributed by atoms with Crippen molar-refractivity contribution in [2.24, 2.45) is 7.05 Å². The standard InChI is InChI=1S/C15H12F3N3/c1-21-14-7-12(13(19)6-10(14)8-20-21)9-3-2-4-11(5-9)15(16,17)18/h2-8H,19H2,1H3. The summed E-state index contributed by atoms with van der Waals surface area (Å²) < 4.78 is 40.1. The fourth-order valence-corrected chi connectivity index (χ4v) is 2.33. The van der Waals surface area contributed by atoms with E-state index in [0.29, 0.717) is 16.8 Å². The van der Waals surface area contributed by atoms with Gasteiger partial charge in [0.1, 0.15) is 0 Å². The maximum Gasteiger partial charge on any atom is 0.416 e. The minimum atomic E-state index is -4.37. The minimum Gasteiger partial charge on any atom is -0.398 e. The molecule has 0 bridgehead atoms. The molecule has 0 aliphatic heterocycles. The van der Waals surface area contributed by atoms with E-state index in [1.807, 2.05) is 0 Å². The van der Waals surface area contributed by atoms with Crippen LogP contribution in [0.5, 0.6) is 0 Å². The molecule has 0 spiro atoms. The van der Waals surface area contributed by atoms with E-state index in [4.69, 9.17) is 5.73 Å². The van der Waals surface area contributed by atoms with E-state index in [1.165, 1.54) is 6.07 Å². The molecular formula is C15H12F3N3. The van der Waals surface area contributed by atoms with Crippen LogP contribution in [0, 0.1) is 0 Å². The van der Waals surface area contributed by atoms with Gasteiger partial charge in [0, 0.05) is 23.7 Å². The van der Waals surface area contributed by atoms with Crippen molar-refractivity contribution in [3.8, 4) is 11.1 Å². The molecule has 108 valence electrons. The van der Waals surface area contributed by atoms with E-state index in [0.717, 1.165) is 23.0 Å². The van der Waals surface area contributed by atoms with Crippen molar-refractivity contribution in [3.63, 3.8) is 0 Å². The predicted molar refractivity (Wildman–Crippen MR) is 75.6 cm³/mol. The minimum absolute atomic E-state index is 0.426. The molecule has 0 aliphatic carbocycles. The van der Waals surface area contributed by atoms with Gasteiger partial charge in [0.25, 0.3) is 0 Å². The molecule has 0 saturated carbocycles. The molecule has 2 aromatic carbocycles. The summed E-state index contributed by atoms with van der Waals surface area (Å²) in [5, 5.41) is 4.96. The Morgan fingerprint density at radius 3 is 2.62 bits per heavy atom. The van der Waals surface area contributed by atoms with Gasteiger partial charge < -0.3 is 5.73 Å². The third-order valence-electron chi connectivity index (χ3n) is 3.42. The Kier molecular flexibility index (Phi) is 2.90. The van der Waals surface area contributed by atoms with E-state index in [-0.39, 0.29) is 0 Å². The Morgan fingerprint density at radius 1 is 1.14 bits per heavy atom. The highest BCUT2D eigenvalue weighted by molar-refractivity contribution is 5.91. The van der Waals surface area contributed by atoms with Gasteiger partial charge in [-0.2, -0.15) is 18.3 Å². The fourth-order valence-electron chi connectivity index (χ4n) is 2.33. The van der Waals surface area contributed by atoms with Crippen LogP contribution < -0.4 is 5.73 Å². The average Bonchev–Trinajstić information content (AvgIpc) is 2.78. The molecule has 3 rings (SSSR count). The van der Waals surface area contributed by atoms with Gasteiger partial charge in [0.05, 0.1) is 17.3 Å². The largest absolute Gasteiger partial charge is 0.416 e. The molecule has 0 amide bonds. The topological polar surface area (TPSA) is 43.8 Å². The maximum absolute atomic E-state index is 12.8. The highest BCUT2D eigenvalue weighted by Crippen LogP contribution is 2.35. The Labute approximate surface area is 118 Å². The van der Waals surface area contributed by atoms with Crippen molar-refractivity contribution < 1.29 is 13.2 Å². The number of anilines is 1. The summed E-state index contributed by atoms with van der Waals surface area (Å²) in [5.41, 5.74) is 7.52. The van der Waals surface area contributed by atoms with E-state index < -0.39 is 11.7 Å². The number of hydrogen-bond donors (Lipinski definition) is 1. The van der Waals surface area contributed by atoms with Crippen LogP contribution in [0.25, 0.3) is 22.0 Å². The summed E-state index contributed by atoms with van der Waals surface area (Å²) >= 11 is 0. The molecule has 21 heavy (non-hydrogen) atoms. The smallest absolute Gasteiger partial charge is 0.398 e. The summed E-state index contributed by atoms with van der Waals surface area (Å²) in [7, 11) is 1.77. The van der Waals surface area contributed by atoms with Gasteiger partial charge in [0.15, 0.2) is 0 Å². The van der Waals surface area contributed by atoms with Gasteiger partial charge >= 0.3 is 6.18 Å². The molecular weight excluding hydrogens is 279 g/mol. The molecule has 2 N–H and O–H groups in total. The number of nitrogen functional groups attached to an aromatic ring is 1. The van der Waals surface area contributed by atoms with E-state index in [1.54, 1.807) is 36.1 Å². The zero-order chi connectivity index (χ0) is 15.2. The Hall–Kier alpha value is -2.50. The molecule has 0 atom stereocenters. The van der Waals surface area contributed by atoms with Crippen LogP contribution in [0.15, 0.2) is 42.6 Å². The van der Waals surface area contributed by atoms with Crippen molar-refractivity contribution in [2.45, 2.75) is 6.18 Å². The van der Waals surface area contributed by atoms with Crippen molar-refractivity contribution in [1.29, 1.82) is 0 Å². The number of nitrogens with zero attached hydrogens (tertiary/aromatic N) is 2. The number of benzene rings is 2. The summed E-state index contributed by atoms with van der Waals surface area (Å²) in [6.07, 6.45) is -2.71. The Balaban J connectivity index is 2.20. The second-order valence-electron chi connectivity index (χ2n) is 4.85. The Morgan fingerprint density at radius 2 is 1.90 bits per heavy atom. The first kappa shape index (κ1) is 13.5. The number of nitrogens with two attached hydrogens (primary N) is 1. The van der Waals surface area contributed by atoms with Gasteiger partial charge in [0.2, 0.25) is 0 Å². The van der Waals surface area contributed by atoms with Crippen LogP contribution in [0.1, 0.15) is 5.56 Å². The predicted octanol–water partition coefficient (Wildman–Crippen LogP) is 3.84. The van der Waals surface area contributed by atoms with Crippen molar-refractivity contribution in [2.75, 3.05) is 5.73 Å². The SMILES string of the molecule is Cn1ncc2cc(N)c(-c3cccc(C(F)(F)F)c3)cc21. The van der Waals surface area contributed by atoms with Crippen LogP contribution in [0.4, 0.5) is 18.9 Å². The zero-order valence-corrected chi connectivity index (χ0v) is 11.1. The number of aryl methyl sites for hydroxylation is 1. The van der Waals surface area contributed by atoms with E-state index >= 15 is 0 Å². The second kappa shape index (κ2) is 4.51. The quantitative estimate of drug-likeness (QED) is 0.692. The molecule has 3 nitrogen and oxygen atoms in total. The first-order valence-corrected chi connectivity index (χ1v) is 6.25. The van der Waals surface area contributed by atoms with Gasteiger partial charge in [-0.25, -0.2) is 0 Å². The lowest BCUT2D eigenvalue weighted by molar-refractivity contribution is -0.137. The van der Waals surface area contributed by atoms with Crippen molar-refractivity contribution >= 4 is 16.6 Å². The van der Waals surface area contributed by atoms with E-state index in [9.17, 15) is 13.2 Å². The van der Waals surface area contributed by atoms with Crippen LogP contribution >= 0.6 is 0 Å². The van der Waals surface area contributed by atoms with Gasteiger partial charge in [-0.3, -0.25) is 4.68 Å². The molecule has 0 radical (unpaired) electrons. The van der Waals surface area contributed by atoms with Crippen LogP contribution in [0.2, 0.25) is 0 Å². The highest BCUT2D eigenvalue weighted by atomic mass is 19.4. The van der Waals surface area contributed by atoms with Crippen molar-refractivity contribution in [3.05, 3.63) is 48.2 Å². The molecule has 6 heteroatoms. The lowest BCUT2D eigenvalue weighted by Crippen LogP contribution is -2.04. The molecule has 0 saturated heterocycles. The normalized spacial score (nSPS) is 12.0. The molecule has 3 aromatic rings. The lowest BCUT2D eigenvalue weighted by Gasteiger charge is -2.11. The third-order valence-corrected chi connectivity index (χ3v) is 3.42. The molecule has 1 aromatic heterocycles. The maximum atomic E-state index is 12.8. The van der Waals surface area contributed by atoms with E-state index in [2.05, 4.69) is 5.10 Å². The van der Waals surface area contributed by atoms with Crippen LogP contribution in [0.3, 0.4) is 0 Å². The number of halogens is 3. The number of fused-ring (bicyclic) bond motifs is 1. The zero-order valence-electron chi connectivity index (χ0n) is 11.1. The van der Waals surface area contributed by atoms with Crippen LogP contribution in [-0.4, -0.2) is 9.78 Å². The number of hydrogen-bond acceptors (Lipinski definition) is 2. The number of aromatic nitrogens is 2. The second-order valence-corrected chi connectivity index (χ2v) is 4.85. The molecule has 1 heterocycles. The first-order valence-electron chi connectivity index (χ1n) is 6.25. The summed E-state index contributed by atoms with van der Waals surface area (Å²) in [6.45, 7) is 0. The fraction of sp³-hybridized carbons (Fsp3) is 0.133. The summed E-state index contributed by atoms with van der Waals surface area (Å²) in [6, 6.07) is 8.62. The monoisotopic (exact) mass is 291 g/mol. The summed E-state index contributed by atoms with van der Waals surface area (Å²) in [4.78, 5) is 0. The van der Waals surface area contributed by atoms with Gasteiger partial charge in [-0.15, -0.1) is 0 Å². The number of rotatable bonds is 1. The average molecular weight is 291 g/mol. The molecule has 0 fully saturated rings. The van der Waals surface area contributed by atoms with Gasteiger partial charge in [-0.1, -0.05) is 12.1 Å². The molecule has 0 aliphatic rings. The first-order chi connectivity index (χ1) is 9.86. The highest BCUT2D eigenvalue weighted by Gasteiger charge is 2.30. The van der Waals surface area contributed by atoms with Gasteiger partial charge in [-0.05, 0) is 29.8 Å². The third kappa shape index (κ3) is 2.33. The Bertz CT molecular complexity index is 819. The lowest BCUT2D eigenvalue weighted by atomic mass is 10.00. The summed E-state index contributed by atoms with van der Waals surface area (Å²) in [5.74, 6) is 0. The molecule has 0 unspecified atom stereocenters. The van der Waals surface area contributed by atoms with Crippen molar-refractivity contribution in [1.82, 2.24) is 9.78 Å². The van der Waals surface area contributed by atoms with Crippen LogP contribution in [-0.2, 0) is 13.2 Å².